The molecule has 4 nitrogen and oxygen atoms in total. The minimum atomic E-state index is -4.53. The van der Waals surface area contributed by atoms with E-state index in [2.05, 4.69) is 10.2 Å². The second-order valence-corrected chi connectivity index (χ2v) is 8.85. The number of nitrogens with zero attached hydrogens (tertiary/aromatic N) is 1. The topological polar surface area (TPSA) is 41.6 Å². The van der Waals surface area contributed by atoms with E-state index in [1.165, 1.54) is 7.11 Å². The molecule has 0 spiro atoms. The summed E-state index contributed by atoms with van der Waals surface area (Å²) in [5.74, 6) is -0.523. The molecule has 0 radical (unpaired) electrons. The number of rotatable bonds is 5. The average Bonchev–Trinajstić information content (AvgIpc) is 2.72. The normalized spacial score (nSPS) is 19.8. The molecule has 1 aliphatic rings. The van der Waals surface area contributed by atoms with Crippen molar-refractivity contribution in [1.82, 2.24) is 10.2 Å². The van der Waals surface area contributed by atoms with Crippen LogP contribution in [0.15, 0.2) is 41.3 Å². The summed E-state index contributed by atoms with van der Waals surface area (Å²) in [5, 5.41) is 3.17. The molecule has 3 rings (SSSR count). The molecular weight excluding hydrogens is 425 g/mol. The van der Waals surface area contributed by atoms with Crippen molar-refractivity contribution in [1.29, 1.82) is 0 Å². The Labute approximate surface area is 185 Å². The van der Waals surface area contributed by atoms with E-state index in [1.54, 1.807) is 6.26 Å². The van der Waals surface area contributed by atoms with Gasteiger partial charge < -0.3 is 15.0 Å². The second-order valence-electron chi connectivity index (χ2n) is 8.00. The maximum absolute atomic E-state index is 13.5. The Kier molecular flexibility index (Phi) is 6.91. The standard InChI is InChI=1S/C23H27F3N2O2S/c1-15-6-8-16(9-7-15)22(10-5-11-28(2)14-22)27-21(29)20-18(30-3)12-17(23(24,25)26)13-19(20)31-4/h6-9,12-13H,5,10-11,14H2,1-4H3,(H,27,29). The summed E-state index contributed by atoms with van der Waals surface area (Å²) >= 11 is 1.09. The lowest BCUT2D eigenvalue weighted by Gasteiger charge is -2.43. The van der Waals surface area contributed by atoms with Crippen molar-refractivity contribution in [3.63, 3.8) is 0 Å². The van der Waals surface area contributed by atoms with E-state index in [9.17, 15) is 18.0 Å². The van der Waals surface area contributed by atoms with E-state index < -0.39 is 23.2 Å². The molecule has 1 heterocycles. The number of hydrogen-bond donors (Lipinski definition) is 1. The molecule has 1 aliphatic heterocycles. The number of alkyl halides is 3. The highest BCUT2D eigenvalue weighted by molar-refractivity contribution is 7.98. The van der Waals surface area contributed by atoms with Gasteiger partial charge in [-0.3, -0.25) is 4.79 Å². The van der Waals surface area contributed by atoms with Gasteiger partial charge in [-0.1, -0.05) is 29.8 Å². The van der Waals surface area contributed by atoms with Crippen molar-refractivity contribution in [2.75, 3.05) is 33.5 Å². The van der Waals surface area contributed by atoms with E-state index in [1.807, 2.05) is 38.2 Å². The van der Waals surface area contributed by atoms with Crippen LogP contribution in [0.5, 0.6) is 5.75 Å². The zero-order chi connectivity index (χ0) is 22.8. The highest BCUT2D eigenvalue weighted by atomic mass is 32.2. The van der Waals surface area contributed by atoms with E-state index in [0.29, 0.717) is 6.54 Å². The summed E-state index contributed by atoms with van der Waals surface area (Å²) in [6.45, 7) is 3.53. The molecule has 0 aliphatic carbocycles. The number of aryl methyl sites for hydroxylation is 1. The third kappa shape index (κ3) is 5.01. The first kappa shape index (κ1) is 23.5. The molecule has 168 valence electrons. The maximum Gasteiger partial charge on any atom is 0.416 e. The first-order chi connectivity index (χ1) is 14.6. The number of carbonyl (C=O) groups excluding carboxylic acids is 1. The van der Waals surface area contributed by atoms with Crippen molar-refractivity contribution in [2.24, 2.45) is 0 Å². The van der Waals surface area contributed by atoms with Crippen LogP contribution < -0.4 is 10.1 Å². The van der Waals surface area contributed by atoms with Gasteiger partial charge in [0.2, 0.25) is 0 Å². The minimum Gasteiger partial charge on any atom is -0.496 e. The number of likely N-dealkylation sites (tertiary alicyclic amines) is 1. The van der Waals surface area contributed by atoms with Crippen LogP contribution in [0, 0.1) is 6.92 Å². The molecule has 1 unspecified atom stereocenters. The molecule has 1 amide bonds. The minimum absolute atomic E-state index is 0.0834. The molecule has 1 fully saturated rings. The Balaban J connectivity index is 2.05. The number of halogens is 3. The Bertz CT molecular complexity index is 922. The highest BCUT2D eigenvalue weighted by Crippen LogP contribution is 2.39. The fourth-order valence-corrected chi connectivity index (χ4v) is 4.77. The third-order valence-corrected chi connectivity index (χ3v) is 6.46. The zero-order valence-electron chi connectivity index (χ0n) is 18.1. The van der Waals surface area contributed by atoms with Crippen LogP contribution in [-0.4, -0.2) is 44.3 Å². The number of carbonyl (C=O) groups is 1. The van der Waals surface area contributed by atoms with Gasteiger partial charge in [0.25, 0.3) is 5.91 Å². The lowest BCUT2D eigenvalue weighted by molar-refractivity contribution is -0.137. The summed E-state index contributed by atoms with van der Waals surface area (Å²) < 4.78 is 45.2. The monoisotopic (exact) mass is 452 g/mol. The van der Waals surface area contributed by atoms with Crippen LogP contribution in [0.25, 0.3) is 0 Å². The largest absolute Gasteiger partial charge is 0.496 e. The van der Waals surface area contributed by atoms with Crippen LogP contribution in [0.1, 0.15) is 39.9 Å². The Hall–Kier alpha value is -2.19. The second kappa shape index (κ2) is 9.12. The van der Waals surface area contributed by atoms with Crippen LogP contribution >= 0.6 is 11.8 Å². The van der Waals surface area contributed by atoms with Gasteiger partial charge in [0.15, 0.2) is 0 Å². The number of thioether (sulfide) groups is 1. The SMILES string of the molecule is COc1cc(C(F)(F)F)cc(SC)c1C(=O)NC1(c2ccc(C)cc2)CCCN(C)C1. The van der Waals surface area contributed by atoms with Gasteiger partial charge >= 0.3 is 6.18 Å². The number of amides is 1. The lowest BCUT2D eigenvalue weighted by Crippen LogP contribution is -2.55. The zero-order valence-corrected chi connectivity index (χ0v) is 18.9. The van der Waals surface area contributed by atoms with Crippen LogP contribution in [-0.2, 0) is 11.7 Å². The first-order valence-corrected chi connectivity index (χ1v) is 11.2. The maximum atomic E-state index is 13.5. The van der Waals surface area contributed by atoms with Crippen molar-refractivity contribution in [3.8, 4) is 5.75 Å². The van der Waals surface area contributed by atoms with Crippen molar-refractivity contribution >= 4 is 17.7 Å². The molecule has 1 atom stereocenters. The molecule has 0 saturated carbocycles. The van der Waals surface area contributed by atoms with E-state index >= 15 is 0 Å². The Morgan fingerprint density at radius 2 is 1.90 bits per heavy atom. The van der Waals surface area contributed by atoms with Gasteiger partial charge in [-0.2, -0.15) is 13.2 Å². The summed E-state index contributed by atoms with van der Waals surface area (Å²) in [6, 6.07) is 9.92. The Morgan fingerprint density at radius 1 is 1.23 bits per heavy atom. The number of benzene rings is 2. The molecule has 31 heavy (non-hydrogen) atoms. The van der Waals surface area contributed by atoms with E-state index in [-0.39, 0.29) is 16.2 Å². The average molecular weight is 453 g/mol. The van der Waals surface area contributed by atoms with Crippen molar-refractivity contribution < 1.29 is 22.7 Å². The number of likely N-dealkylation sites (N-methyl/N-ethyl adjacent to an activating group) is 1. The fraction of sp³-hybridized carbons (Fsp3) is 0.435. The summed E-state index contributed by atoms with van der Waals surface area (Å²) in [7, 11) is 3.28. The molecule has 1 saturated heterocycles. The quantitative estimate of drug-likeness (QED) is 0.642. The van der Waals surface area contributed by atoms with Crippen LogP contribution in [0.2, 0.25) is 0 Å². The molecule has 2 aromatic rings. The molecular formula is C23H27F3N2O2S. The number of piperidine rings is 1. The van der Waals surface area contributed by atoms with Crippen molar-refractivity contribution in [3.05, 3.63) is 58.7 Å². The molecule has 0 bridgehead atoms. The number of ether oxygens (including phenoxy) is 1. The fourth-order valence-electron chi connectivity index (χ4n) is 4.13. The predicted octanol–water partition coefficient (Wildman–Crippen LogP) is 5.10. The van der Waals surface area contributed by atoms with Gasteiger partial charge in [0.1, 0.15) is 5.75 Å². The van der Waals surface area contributed by atoms with E-state index in [4.69, 9.17) is 4.74 Å². The van der Waals surface area contributed by atoms with Crippen molar-refractivity contribution in [2.45, 2.75) is 36.4 Å². The summed E-state index contributed by atoms with van der Waals surface area (Å²) in [5.41, 5.74) is 0.748. The van der Waals surface area contributed by atoms with Gasteiger partial charge in [0, 0.05) is 11.4 Å². The molecule has 2 aromatic carbocycles. The lowest BCUT2D eigenvalue weighted by atomic mass is 9.81. The highest BCUT2D eigenvalue weighted by Gasteiger charge is 2.39. The first-order valence-electron chi connectivity index (χ1n) is 10.0. The Morgan fingerprint density at radius 3 is 2.45 bits per heavy atom. The predicted molar refractivity (Wildman–Crippen MR) is 117 cm³/mol. The summed E-state index contributed by atoms with van der Waals surface area (Å²) in [4.78, 5) is 15.9. The smallest absolute Gasteiger partial charge is 0.416 e. The van der Waals surface area contributed by atoms with Crippen LogP contribution in [0.3, 0.4) is 0 Å². The third-order valence-electron chi connectivity index (χ3n) is 5.70. The summed E-state index contributed by atoms with van der Waals surface area (Å²) in [6.07, 6.45) is -1.24. The molecule has 1 N–H and O–H groups in total. The number of methoxy groups -OCH3 is 1. The number of hydrogen-bond acceptors (Lipinski definition) is 4. The van der Waals surface area contributed by atoms with E-state index in [0.717, 1.165) is 54.4 Å². The molecule has 0 aromatic heterocycles. The van der Waals surface area contributed by atoms with Gasteiger partial charge in [-0.25, -0.2) is 0 Å². The van der Waals surface area contributed by atoms with Gasteiger partial charge in [0.05, 0.1) is 23.8 Å². The number of nitrogens with one attached hydrogen (secondary N) is 1. The molecule has 8 heteroatoms. The van der Waals surface area contributed by atoms with Crippen LogP contribution in [0.4, 0.5) is 13.2 Å². The van der Waals surface area contributed by atoms with Gasteiger partial charge in [-0.05, 0) is 57.3 Å². The van der Waals surface area contributed by atoms with Gasteiger partial charge in [-0.15, -0.1) is 11.8 Å².